The molecule has 0 unspecified atom stereocenters. The summed E-state index contributed by atoms with van der Waals surface area (Å²) in [5.74, 6) is 0.789. The molecule has 1 N–H and O–H groups in total. The number of ether oxygens (including phenoxy) is 1. The summed E-state index contributed by atoms with van der Waals surface area (Å²) in [6, 6.07) is 7.67. The number of nitrogens with zero attached hydrogens (tertiary/aromatic N) is 1. The lowest BCUT2D eigenvalue weighted by Crippen LogP contribution is -1.91. The number of hydrogen-bond donors (Lipinski definition) is 1. The lowest BCUT2D eigenvalue weighted by atomic mass is 10.2. The first kappa shape index (κ1) is 12.4. The van der Waals surface area contributed by atoms with Crippen molar-refractivity contribution in [3.05, 3.63) is 34.3 Å². The van der Waals surface area contributed by atoms with E-state index >= 15 is 0 Å². The summed E-state index contributed by atoms with van der Waals surface area (Å²) in [6.45, 7) is 0.0566. The highest BCUT2D eigenvalue weighted by Crippen LogP contribution is 2.33. The number of halogens is 1. The second-order valence-corrected chi connectivity index (χ2v) is 5.05. The van der Waals surface area contributed by atoms with Gasteiger partial charge in [0.2, 0.25) is 0 Å². The zero-order valence-corrected chi connectivity index (χ0v) is 10.9. The molecule has 0 radical (unpaired) electrons. The minimum atomic E-state index is 0.0566. The van der Waals surface area contributed by atoms with Gasteiger partial charge in [-0.05, 0) is 12.1 Å². The van der Waals surface area contributed by atoms with Crippen LogP contribution in [0.25, 0.3) is 10.6 Å². The van der Waals surface area contributed by atoms with Crippen molar-refractivity contribution in [2.24, 2.45) is 0 Å². The van der Waals surface area contributed by atoms with Gasteiger partial charge >= 0.3 is 0 Å². The molecule has 1 aromatic carbocycles. The SMILES string of the molecule is COc1cccc(-c2nc(CCO)c(Cl)s2)c1. The molecule has 0 aliphatic heterocycles. The zero-order valence-electron chi connectivity index (χ0n) is 9.31. The number of hydrogen-bond acceptors (Lipinski definition) is 4. The lowest BCUT2D eigenvalue weighted by Gasteiger charge is -2.00. The maximum Gasteiger partial charge on any atom is 0.125 e. The highest BCUT2D eigenvalue weighted by Gasteiger charge is 2.10. The van der Waals surface area contributed by atoms with Crippen molar-refractivity contribution in [3.8, 4) is 16.3 Å². The summed E-state index contributed by atoms with van der Waals surface area (Å²) in [6.07, 6.45) is 0.485. The van der Waals surface area contributed by atoms with Crippen LogP contribution in [0.5, 0.6) is 5.75 Å². The van der Waals surface area contributed by atoms with Gasteiger partial charge in [-0.3, -0.25) is 0 Å². The van der Waals surface area contributed by atoms with Crippen molar-refractivity contribution in [1.82, 2.24) is 4.98 Å². The molecule has 0 atom stereocenters. The first-order valence-corrected chi connectivity index (χ1v) is 6.34. The minimum absolute atomic E-state index is 0.0566. The van der Waals surface area contributed by atoms with Gasteiger partial charge in [-0.25, -0.2) is 4.98 Å². The van der Waals surface area contributed by atoms with Gasteiger partial charge in [0, 0.05) is 18.6 Å². The Hall–Kier alpha value is -1.10. The molecule has 0 fully saturated rings. The fourth-order valence-corrected chi connectivity index (χ4v) is 2.66. The molecule has 90 valence electrons. The van der Waals surface area contributed by atoms with E-state index in [1.54, 1.807) is 7.11 Å². The topological polar surface area (TPSA) is 42.4 Å². The number of thiazole rings is 1. The van der Waals surface area contributed by atoms with Crippen molar-refractivity contribution < 1.29 is 9.84 Å². The Kier molecular flexibility index (Phi) is 3.99. The van der Waals surface area contributed by atoms with Gasteiger partial charge in [-0.1, -0.05) is 23.7 Å². The van der Waals surface area contributed by atoms with Crippen molar-refractivity contribution in [1.29, 1.82) is 0 Å². The Morgan fingerprint density at radius 1 is 1.47 bits per heavy atom. The van der Waals surface area contributed by atoms with Gasteiger partial charge < -0.3 is 9.84 Å². The van der Waals surface area contributed by atoms with E-state index in [2.05, 4.69) is 4.98 Å². The molecule has 2 rings (SSSR count). The van der Waals surface area contributed by atoms with Crippen molar-refractivity contribution in [3.63, 3.8) is 0 Å². The van der Waals surface area contributed by atoms with Crippen LogP contribution in [0.4, 0.5) is 0 Å². The van der Waals surface area contributed by atoms with E-state index in [9.17, 15) is 0 Å². The molecule has 1 aromatic heterocycles. The van der Waals surface area contributed by atoms with E-state index in [1.165, 1.54) is 11.3 Å². The summed E-state index contributed by atoms with van der Waals surface area (Å²) in [5.41, 5.74) is 1.72. The second-order valence-electron chi connectivity index (χ2n) is 3.44. The molecule has 0 bridgehead atoms. The molecule has 2 aromatic rings. The Bertz CT molecular complexity index is 513. The summed E-state index contributed by atoms with van der Waals surface area (Å²) < 4.78 is 5.80. The molecule has 1 heterocycles. The Balaban J connectivity index is 2.35. The molecule has 0 amide bonds. The first-order chi connectivity index (χ1) is 8.24. The highest BCUT2D eigenvalue weighted by atomic mass is 35.5. The van der Waals surface area contributed by atoms with Crippen LogP contribution in [0, 0.1) is 0 Å². The fourth-order valence-electron chi connectivity index (χ4n) is 1.47. The molecule has 17 heavy (non-hydrogen) atoms. The number of methoxy groups -OCH3 is 1. The molecule has 0 aliphatic carbocycles. The fraction of sp³-hybridized carbons (Fsp3) is 0.250. The third-order valence-corrected chi connectivity index (χ3v) is 3.70. The van der Waals surface area contributed by atoms with Gasteiger partial charge in [0.25, 0.3) is 0 Å². The molecule has 0 saturated heterocycles. The van der Waals surface area contributed by atoms with Crippen LogP contribution in [-0.4, -0.2) is 23.8 Å². The third-order valence-electron chi connectivity index (χ3n) is 2.31. The normalized spacial score (nSPS) is 10.5. The van der Waals surface area contributed by atoms with Crippen LogP contribution in [0.2, 0.25) is 4.34 Å². The quantitative estimate of drug-likeness (QED) is 0.928. The molecular formula is C12H12ClNO2S. The average molecular weight is 270 g/mol. The van der Waals surface area contributed by atoms with E-state index in [4.69, 9.17) is 21.4 Å². The number of aliphatic hydroxyl groups is 1. The van der Waals surface area contributed by atoms with E-state index < -0.39 is 0 Å². The molecule has 5 heteroatoms. The molecule has 0 saturated carbocycles. The largest absolute Gasteiger partial charge is 0.497 e. The van der Waals surface area contributed by atoms with Crippen LogP contribution in [-0.2, 0) is 6.42 Å². The van der Waals surface area contributed by atoms with Gasteiger partial charge in [-0.2, -0.15) is 0 Å². The highest BCUT2D eigenvalue weighted by molar-refractivity contribution is 7.19. The Morgan fingerprint density at radius 3 is 3.00 bits per heavy atom. The predicted octanol–water partition coefficient (Wildman–Crippen LogP) is 3.01. The number of aromatic nitrogens is 1. The summed E-state index contributed by atoms with van der Waals surface area (Å²) in [4.78, 5) is 4.42. The first-order valence-electron chi connectivity index (χ1n) is 5.15. The summed E-state index contributed by atoms with van der Waals surface area (Å²) >= 11 is 7.48. The monoisotopic (exact) mass is 269 g/mol. The van der Waals surface area contributed by atoms with Crippen LogP contribution in [0.3, 0.4) is 0 Å². The summed E-state index contributed by atoms with van der Waals surface area (Å²) in [7, 11) is 1.63. The van der Waals surface area contributed by atoms with E-state index in [-0.39, 0.29) is 6.61 Å². The Morgan fingerprint density at radius 2 is 2.29 bits per heavy atom. The van der Waals surface area contributed by atoms with Crippen molar-refractivity contribution in [2.75, 3.05) is 13.7 Å². The maximum atomic E-state index is 8.89. The van der Waals surface area contributed by atoms with Crippen molar-refractivity contribution >= 4 is 22.9 Å². The maximum absolute atomic E-state index is 8.89. The van der Waals surface area contributed by atoms with Gasteiger partial charge in [0.15, 0.2) is 0 Å². The van der Waals surface area contributed by atoms with Crippen LogP contribution in [0.15, 0.2) is 24.3 Å². The van der Waals surface area contributed by atoms with Crippen LogP contribution >= 0.6 is 22.9 Å². The van der Waals surface area contributed by atoms with Gasteiger partial charge in [-0.15, -0.1) is 11.3 Å². The molecule has 3 nitrogen and oxygen atoms in total. The second kappa shape index (κ2) is 5.49. The minimum Gasteiger partial charge on any atom is -0.497 e. The zero-order chi connectivity index (χ0) is 12.3. The smallest absolute Gasteiger partial charge is 0.125 e. The standard InChI is InChI=1S/C12H12ClNO2S/c1-16-9-4-2-3-8(7-9)12-14-10(5-6-15)11(13)17-12/h2-4,7,15H,5-6H2,1H3. The lowest BCUT2D eigenvalue weighted by molar-refractivity contribution is 0.298. The number of rotatable bonds is 4. The van der Waals surface area contributed by atoms with E-state index in [1.807, 2.05) is 24.3 Å². The average Bonchev–Trinajstić information content (AvgIpc) is 2.72. The third kappa shape index (κ3) is 2.77. The number of aliphatic hydroxyl groups excluding tert-OH is 1. The molecule has 0 aliphatic rings. The van der Waals surface area contributed by atoms with E-state index in [0.717, 1.165) is 22.0 Å². The van der Waals surface area contributed by atoms with Crippen LogP contribution < -0.4 is 4.74 Å². The van der Waals surface area contributed by atoms with Gasteiger partial charge in [0.05, 0.1) is 12.8 Å². The van der Waals surface area contributed by atoms with Crippen molar-refractivity contribution in [2.45, 2.75) is 6.42 Å². The predicted molar refractivity (Wildman–Crippen MR) is 69.9 cm³/mol. The van der Waals surface area contributed by atoms with E-state index in [0.29, 0.717) is 10.8 Å². The van der Waals surface area contributed by atoms with Gasteiger partial charge in [0.1, 0.15) is 15.1 Å². The molecule has 0 spiro atoms. The summed E-state index contributed by atoms with van der Waals surface area (Å²) in [5, 5.41) is 9.74. The Labute approximate surface area is 109 Å². The van der Waals surface area contributed by atoms with Crippen LogP contribution in [0.1, 0.15) is 5.69 Å². The molecular weight excluding hydrogens is 258 g/mol. The number of benzene rings is 1.